The van der Waals surface area contributed by atoms with E-state index in [2.05, 4.69) is 37.2 Å². The number of aromatic amines is 1. The zero-order valence-electron chi connectivity index (χ0n) is 18.5. The number of benzene rings is 1. The first-order valence-electron chi connectivity index (χ1n) is 10.5. The molecular weight excluding hydrogens is 408 g/mol. The molecule has 0 atom stereocenters. The number of ether oxygens (including phenoxy) is 1. The molecule has 0 bridgehead atoms. The molecule has 1 saturated heterocycles. The quantitative estimate of drug-likeness (QED) is 0.640. The second-order valence-corrected chi connectivity index (χ2v) is 8.57. The van der Waals surface area contributed by atoms with Crippen LogP contribution in [0.1, 0.15) is 20.8 Å². The molecule has 4 rings (SSSR count). The monoisotopic (exact) mass is 436 g/mol. The number of carbonyl (C=O) groups is 1. The standard InChI is InChI=1S/C22H28N8O2/c1-22(2,3)32-21(31)29-12-10-28(11-13-29)17-5-7-18(8-6-17)30(20-25-15-26-27-20)19-9-4-16(23)14-24-19/h4-9,14-15H,10-13,23H2,1-3H3,(H,25,26,27). The number of pyridine rings is 1. The minimum atomic E-state index is -0.487. The van der Waals surface area contributed by atoms with E-state index in [0.717, 1.165) is 24.5 Å². The summed E-state index contributed by atoms with van der Waals surface area (Å²) in [6, 6.07) is 11.8. The highest BCUT2D eigenvalue weighted by Crippen LogP contribution is 2.32. The van der Waals surface area contributed by atoms with Gasteiger partial charge in [-0.05, 0) is 57.2 Å². The van der Waals surface area contributed by atoms with Crippen LogP contribution in [-0.2, 0) is 4.74 Å². The van der Waals surface area contributed by atoms with E-state index in [0.29, 0.717) is 30.5 Å². The molecule has 3 N–H and O–H groups in total. The fraction of sp³-hybridized carbons (Fsp3) is 0.364. The van der Waals surface area contributed by atoms with Gasteiger partial charge in [-0.1, -0.05) is 0 Å². The van der Waals surface area contributed by atoms with E-state index in [9.17, 15) is 4.79 Å². The summed E-state index contributed by atoms with van der Waals surface area (Å²) in [5, 5.41) is 6.86. The van der Waals surface area contributed by atoms with Gasteiger partial charge in [0.05, 0.1) is 17.6 Å². The Labute approximate surface area is 187 Å². The Morgan fingerprint density at radius 1 is 1.06 bits per heavy atom. The van der Waals surface area contributed by atoms with E-state index in [1.54, 1.807) is 17.2 Å². The molecule has 3 aromatic rings. The lowest BCUT2D eigenvalue weighted by molar-refractivity contribution is 0.0240. The predicted molar refractivity (Wildman–Crippen MR) is 123 cm³/mol. The van der Waals surface area contributed by atoms with Crippen molar-refractivity contribution in [3.8, 4) is 0 Å². The molecule has 2 aromatic heterocycles. The first-order chi connectivity index (χ1) is 15.3. The van der Waals surface area contributed by atoms with Crippen LogP contribution in [0.4, 0.5) is 33.6 Å². The number of aromatic nitrogens is 4. The maximum Gasteiger partial charge on any atom is 0.410 e. The van der Waals surface area contributed by atoms with Crippen molar-refractivity contribution >= 4 is 34.9 Å². The highest BCUT2D eigenvalue weighted by Gasteiger charge is 2.26. The van der Waals surface area contributed by atoms with E-state index in [4.69, 9.17) is 10.5 Å². The fourth-order valence-electron chi connectivity index (χ4n) is 3.49. The van der Waals surface area contributed by atoms with Crippen molar-refractivity contribution < 1.29 is 9.53 Å². The Balaban J connectivity index is 1.47. The van der Waals surface area contributed by atoms with Crippen molar-refractivity contribution in [3.63, 3.8) is 0 Å². The maximum absolute atomic E-state index is 12.3. The molecular formula is C22H28N8O2. The topological polar surface area (TPSA) is 116 Å². The molecule has 1 aliphatic rings. The van der Waals surface area contributed by atoms with Crippen LogP contribution in [0.15, 0.2) is 48.9 Å². The lowest BCUT2D eigenvalue weighted by Gasteiger charge is -2.36. The number of rotatable bonds is 4. The lowest BCUT2D eigenvalue weighted by Crippen LogP contribution is -2.50. The zero-order chi connectivity index (χ0) is 22.7. The lowest BCUT2D eigenvalue weighted by atomic mass is 10.2. The summed E-state index contributed by atoms with van der Waals surface area (Å²) in [6.45, 7) is 8.36. The molecule has 0 aliphatic carbocycles. The fourth-order valence-corrected chi connectivity index (χ4v) is 3.49. The van der Waals surface area contributed by atoms with Gasteiger partial charge in [0, 0.05) is 31.9 Å². The second-order valence-electron chi connectivity index (χ2n) is 8.57. The largest absolute Gasteiger partial charge is 0.444 e. The van der Waals surface area contributed by atoms with Gasteiger partial charge in [0.1, 0.15) is 17.7 Å². The third kappa shape index (κ3) is 4.90. The van der Waals surface area contributed by atoms with E-state index in [1.807, 2.05) is 43.9 Å². The molecule has 1 aliphatic heterocycles. The molecule has 10 nitrogen and oxygen atoms in total. The molecule has 0 unspecified atom stereocenters. The molecule has 1 aromatic carbocycles. The van der Waals surface area contributed by atoms with Crippen molar-refractivity contribution in [3.05, 3.63) is 48.9 Å². The van der Waals surface area contributed by atoms with Gasteiger partial charge in [-0.25, -0.2) is 14.9 Å². The second kappa shape index (κ2) is 8.74. The molecule has 32 heavy (non-hydrogen) atoms. The number of nitrogens with two attached hydrogens (primary N) is 1. The maximum atomic E-state index is 12.3. The Kier molecular flexibility index (Phi) is 5.85. The first-order valence-corrected chi connectivity index (χ1v) is 10.5. The number of H-pyrrole nitrogens is 1. The average Bonchev–Trinajstić information content (AvgIpc) is 3.29. The average molecular weight is 437 g/mol. The van der Waals surface area contributed by atoms with Gasteiger partial charge >= 0.3 is 6.09 Å². The van der Waals surface area contributed by atoms with Crippen LogP contribution in [0.2, 0.25) is 0 Å². The van der Waals surface area contributed by atoms with Crippen LogP contribution in [0, 0.1) is 0 Å². The number of nitrogen functional groups attached to an aromatic ring is 1. The van der Waals surface area contributed by atoms with E-state index < -0.39 is 5.60 Å². The SMILES string of the molecule is CC(C)(C)OC(=O)N1CCN(c2ccc(N(c3ccc(N)cn3)c3ncn[nH]3)cc2)CC1. The summed E-state index contributed by atoms with van der Waals surface area (Å²) >= 11 is 0. The van der Waals surface area contributed by atoms with Gasteiger partial charge in [0.2, 0.25) is 5.95 Å². The molecule has 10 heteroatoms. The van der Waals surface area contributed by atoms with Crippen LogP contribution in [0.5, 0.6) is 0 Å². The van der Waals surface area contributed by atoms with Gasteiger partial charge < -0.3 is 20.3 Å². The summed E-state index contributed by atoms with van der Waals surface area (Å²) in [6.07, 6.45) is 2.81. The molecule has 0 saturated carbocycles. The van der Waals surface area contributed by atoms with E-state index >= 15 is 0 Å². The predicted octanol–water partition coefficient (Wildman–Crippen LogP) is 3.31. The van der Waals surface area contributed by atoms with Crippen LogP contribution in [-0.4, -0.2) is 62.9 Å². The Morgan fingerprint density at radius 3 is 2.34 bits per heavy atom. The summed E-state index contributed by atoms with van der Waals surface area (Å²) in [5.74, 6) is 1.23. The number of carbonyl (C=O) groups excluding carboxylic acids is 1. The zero-order valence-corrected chi connectivity index (χ0v) is 18.5. The van der Waals surface area contributed by atoms with Gasteiger partial charge in [0.15, 0.2) is 0 Å². The Hall–Kier alpha value is -3.82. The van der Waals surface area contributed by atoms with Crippen molar-refractivity contribution in [2.75, 3.05) is 41.7 Å². The summed E-state index contributed by atoms with van der Waals surface area (Å²) < 4.78 is 5.48. The Bertz CT molecular complexity index is 1020. The normalized spacial score (nSPS) is 14.3. The summed E-state index contributed by atoms with van der Waals surface area (Å²) in [4.78, 5) is 26.9. The van der Waals surface area contributed by atoms with Gasteiger partial charge in [-0.3, -0.25) is 4.90 Å². The minimum Gasteiger partial charge on any atom is -0.444 e. The van der Waals surface area contributed by atoms with Gasteiger partial charge in [-0.15, -0.1) is 0 Å². The molecule has 168 valence electrons. The number of nitrogens with one attached hydrogen (secondary N) is 1. The molecule has 0 radical (unpaired) electrons. The van der Waals surface area contributed by atoms with Crippen molar-refractivity contribution in [1.29, 1.82) is 0 Å². The van der Waals surface area contributed by atoms with Crippen molar-refractivity contribution in [1.82, 2.24) is 25.1 Å². The van der Waals surface area contributed by atoms with Crippen molar-refractivity contribution in [2.45, 2.75) is 26.4 Å². The number of hydrogen-bond acceptors (Lipinski definition) is 8. The number of anilines is 5. The van der Waals surface area contributed by atoms with E-state index in [1.165, 1.54) is 6.33 Å². The van der Waals surface area contributed by atoms with Crippen LogP contribution in [0.3, 0.4) is 0 Å². The highest BCUT2D eigenvalue weighted by atomic mass is 16.6. The third-order valence-electron chi connectivity index (χ3n) is 5.02. The smallest absolute Gasteiger partial charge is 0.410 e. The number of hydrogen-bond donors (Lipinski definition) is 2. The van der Waals surface area contributed by atoms with Crippen LogP contribution >= 0.6 is 0 Å². The van der Waals surface area contributed by atoms with Crippen molar-refractivity contribution in [2.24, 2.45) is 0 Å². The minimum absolute atomic E-state index is 0.258. The highest BCUT2D eigenvalue weighted by molar-refractivity contribution is 5.72. The van der Waals surface area contributed by atoms with E-state index in [-0.39, 0.29) is 6.09 Å². The first kappa shape index (κ1) is 21.4. The number of nitrogens with zero attached hydrogens (tertiary/aromatic N) is 6. The molecule has 1 amide bonds. The summed E-state index contributed by atoms with van der Waals surface area (Å²) in [5.41, 5.74) is 7.86. The number of piperazine rings is 1. The molecule has 1 fully saturated rings. The summed E-state index contributed by atoms with van der Waals surface area (Å²) in [7, 11) is 0. The van der Waals surface area contributed by atoms with Crippen LogP contribution in [0.25, 0.3) is 0 Å². The number of amides is 1. The van der Waals surface area contributed by atoms with Gasteiger partial charge in [0.25, 0.3) is 0 Å². The molecule has 0 spiro atoms. The Morgan fingerprint density at radius 2 is 1.78 bits per heavy atom. The molecule has 3 heterocycles. The van der Waals surface area contributed by atoms with Crippen LogP contribution < -0.4 is 15.5 Å². The van der Waals surface area contributed by atoms with Gasteiger partial charge in [-0.2, -0.15) is 10.1 Å². The third-order valence-corrected chi connectivity index (χ3v) is 5.02.